The van der Waals surface area contributed by atoms with Crippen LogP contribution in [0.1, 0.15) is 27.7 Å². The Balaban J connectivity index is 0. The third kappa shape index (κ3) is 4.76. The van der Waals surface area contributed by atoms with Gasteiger partial charge < -0.3 is 5.11 Å². The second-order valence-corrected chi connectivity index (χ2v) is 3.30. The van der Waals surface area contributed by atoms with E-state index in [-0.39, 0.29) is 56.1 Å². The van der Waals surface area contributed by atoms with E-state index in [1.165, 1.54) is 0 Å². The predicted octanol–water partition coefficient (Wildman–Crippen LogP) is 1.66. The van der Waals surface area contributed by atoms with Gasteiger partial charge in [0, 0.05) is 50.7 Å². The quantitative estimate of drug-likeness (QED) is 0.809. The van der Waals surface area contributed by atoms with Gasteiger partial charge in [0.15, 0.2) is 0 Å². The number of aliphatic hydroxyl groups is 1. The minimum Gasteiger partial charge on any atom is -0.396 e. The van der Waals surface area contributed by atoms with E-state index in [1.807, 2.05) is 0 Å². The Bertz CT molecular complexity index is 69.3. The van der Waals surface area contributed by atoms with Gasteiger partial charge in [-0.25, -0.2) is 0 Å². The molecule has 0 atom stereocenters. The first-order valence-electron chi connectivity index (χ1n) is 3.11. The van der Waals surface area contributed by atoms with Gasteiger partial charge in [0.2, 0.25) is 0 Å². The Morgan fingerprint density at radius 3 is 1.67 bits per heavy atom. The van der Waals surface area contributed by atoms with Crippen molar-refractivity contribution in [3.05, 3.63) is 0 Å². The minimum atomic E-state index is 0. The fraction of sp³-hybridized carbons (Fsp3) is 1.00. The molecule has 0 fully saturated rings. The second kappa shape index (κ2) is 5.10. The SMILES string of the molecule is CC(C)C(C)(C)CO.[Ac]. The van der Waals surface area contributed by atoms with E-state index in [0.29, 0.717) is 5.92 Å². The average Bonchev–Trinajstić information content (AvgIpc) is 1.67. The summed E-state index contributed by atoms with van der Waals surface area (Å²) in [5.74, 6) is 0.562. The van der Waals surface area contributed by atoms with E-state index in [1.54, 1.807) is 0 Å². The molecule has 0 bridgehead atoms. The molecule has 0 amide bonds. The summed E-state index contributed by atoms with van der Waals surface area (Å²) >= 11 is 0. The topological polar surface area (TPSA) is 20.2 Å². The van der Waals surface area contributed by atoms with Crippen LogP contribution in [0.5, 0.6) is 0 Å². The van der Waals surface area contributed by atoms with E-state index in [0.717, 1.165) is 0 Å². The maximum absolute atomic E-state index is 8.76. The van der Waals surface area contributed by atoms with Crippen LogP contribution in [-0.2, 0) is 0 Å². The molecule has 0 saturated carbocycles. The molecule has 0 heterocycles. The second-order valence-electron chi connectivity index (χ2n) is 3.30. The molecule has 0 spiro atoms. The summed E-state index contributed by atoms with van der Waals surface area (Å²) in [5, 5.41) is 8.76. The van der Waals surface area contributed by atoms with Crippen LogP contribution in [0.3, 0.4) is 0 Å². The predicted molar refractivity (Wildman–Crippen MR) is 35.7 cm³/mol. The standard InChI is InChI=1S/C7H16O.Ac/c1-6(2)7(3,4)5-8;/h6,8H,5H2,1-4H3;. The van der Waals surface area contributed by atoms with Crippen LogP contribution in [0.25, 0.3) is 0 Å². The zero-order chi connectivity index (χ0) is 6.78. The molecule has 0 saturated heterocycles. The summed E-state index contributed by atoms with van der Waals surface area (Å²) in [6.45, 7) is 8.66. The van der Waals surface area contributed by atoms with Gasteiger partial charge >= 0.3 is 0 Å². The van der Waals surface area contributed by atoms with E-state index in [2.05, 4.69) is 27.7 Å². The van der Waals surface area contributed by atoms with Gasteiger partial charge in [-0.3, -0.25) is 0 Å². The monoisotopic (exact) mass is 343 g/mol. The first kappa shape index (κ1) is 13.0. The third-order valence-corrected chi connectivity index (χ3v) is 1.97. The van der Waals surface area contributed by atoms with Crippen molar-refractivity contribution in [2.45, 2.75) is 27.7 Å². The maximum Gasteiger partial charge on any atom is 0.0484 e. The zero-order valence-corrected chi connectivity index (χ0v) is 11.6. The number of aliphatic hydroxyl groups excluding tert-OH is 1. The van der Waals surface area contributed by atoms with E-state index < -0.39 is 0 Å². The molecule has 0 aromatic heterocycles. The van der Waals surface area contributed by atoms with Gasteiger partial charge in [0.05, 0.1) is 0 Å². The van der Waals surface area contributed by atoms with Crippen LogP contribution >= 0.6 is 0 Å². The van der Waals surface area contributed by atoms with Crippen LogP contribution in [-0.4, -0.2) is 11.7 Å². The maximum atomic E-state index is 8.76. The Morgan fingerprint density at radius 2 is 1.67 bits per heavy atom. The summed E-state index contributed by atoms with van der Waals surface area (Å²) in [4.78, 5) is 0. The summed E-state index contributed by atoms with van der Waals surface area (Å²) in [5.41, 5.74) is 0.0972. The van der Waals surface area contributed by atoms with E-state index in [9.17, 15) is 0 Å². The van der Waals surface area contributed by atoms with E-state index >= 15 is 0 Å². The molecule has 1 N–H and O–H groups in total. The molecule has 0 aromatic rings. The van der Waals surface area contributed by atoms with Crippen molar-refractivity contribution >= 4 is 0 Å². The van der Waals surface area contributed by atoms with Crippen molar-refractivity contribution in [3.8, 4) is 0 Å². The van der Waals surface area contributed by atoms with Crippen LogP contribution in [0, 0.1) is 55.4 Å². The molecule has 1 nitrogen and oxygen atoms in total. The molecule has 0 unspecified atom stereocenters. The van der Waals surface area contributed by atoms with Gasteiger partial charge in [0.1, 0.15) is 0 Å². The largest absolute Gasteiger partial charge is 0.396 e. The fourth-order valence-electron chi connectivity index (χ4n) is 0.183. The molecule has 0 aliphatic rings. The molecule has 0 aliphatic carbocycles. The fourth-order valence-corrected chi connectivity index (χ4v) is 0.183. The number of hydrogen-bond donors (Lipinski definition) is 1. The molecule has 0 aromatic carbocycles. The number of hydrogen-bond acceptors (Lipinski definition) is 1. The van der Waals surface area contributed by atoms with E-state index in [4.69, 9.17) is 5.11 Å². The molecule has 2 heteroatoms. The minimum absolute atomic E-state index is 0. The Kier molecular flexibility index (Phi) is 7.39. The number of rotatable bonds is 2. The Labute approximate surface area is 93.8 Å². The van der Waals surface area contributed by atoms with Crippen LogP contribution in [0.15, 0.2) is 0 Å². The summed E-state index contributed by atoms with van der Waals surface area (Å²) in [6, 6.07) is 0. The molecule has 53 valence electrons. The van der Waals surface area contributed by atoms with Crippen molar-refractivity contribution < 1.29 is 49.2 Å². The summed E-state index contributed by atoms with van der Waals surface area (Å²) in [7, 11) is 0. The molecule has 0 rings (SSSR count). The van der Waals surface area contributed by atoms with Gasteiger partial charge in [0.25, 0.3) is 0 Å². The van der Waals surface area contributed by atoms with Crippen molar-refractivity contribution in [3.63, 3.8) is 0 Å². The van der Waals surface area contributed by atoms with Gasteiger partial charge in [-0.1, -0.05) is 27.7 Å². The van der Waals surface area contributed by atoms with Crippen molar-refractivity contribution in [1.82, 2.24) is 0 Å². The zero-order valence-electron chi connectivity index (χ0n) is 6.81. The van der Waals surface area contributed by atoms with Gasteiger partial charge in [-0.05, 0) is 11.3 Å². The average molecular weight is 343 g/mol. The van der Waals surface area contributed by atoms with Gasteiger partial charge in [-0.15, -0.1) is 0 Å². The first-order valence-corrected chi connectivity index (χ1v) is 3.11. The molecule has 0 aliphatic heterocycles. The molecule has 9 heavy (non-hydrogen) atoms. The first-order chi connectivity index (χ1) is 3.50. The Morgan fingerprint density at radius 1 is 1.33 bits per heavy atom. The molecular formula is C7H16AcO. The van der Waals surface area contributed by atoms with Crippen LogP contribution in [0.2, 0.25) is 0 Å². The van der Waals surface area contributed by atoms with Crippen LogP contribution in [0.4, 0.5) is 0 Å². The van der Waals surface area contributed by atoms with Crippen molar-refractivity contribution in [2.24, 2.45) is 11.3 Å². The van der Waals surface area contributed by atoms with Crippen LogP contribution < -0.4 is 0 Å². The van der Waals surface area contributed by atoms with Crippen molar-refractivity contribution in [2.75, 3.05) is 6.61 Å². The normalized spacial score (nSPS) is 11.3. The molecule has 1 radical (unpaired) electrons. The summed E-state index contributed by atoms with van der Waals surface area (Å²) < 4.78 is 0. The van der Waals surface area contributed by atoms with Gasteiger partial charge in [-0.2, -0.15) is 0 Å². The Hall–Kier alpha value is 1.40. The molecular weight excluding hydrogens is 327 g/mol. The smallest absolute Gasteiger partial charge is 0.0484 e. The van der Waals surface area contributed by atoms with Crippen molar-refractivity contribution in [1.29, 1.82) is 0 Å². The third-order valence-electron chi connectivity index (χ3n) is 1.97. The summed E-state index contributed by atoms with van der Waals surface area (Å²) in [6.07, 6.45) is 0.